The fourth-order valence-corrected chi connectivity index (χ4v) is 2.91. The van der Waals surface area contributed by atoms with Gasteiger partial charge in [0.05, 0.1) is 5.25 Å². The minimum absolute atomic E-state index is 0.0205. The fraction of sp³-hybridized carbons (Fsp3) is 0.235. The van der Waals surface area contributed by atoms with Gasteiger partial charge < -0.3 is 0 Å². The molecule has 0 spiro atoms. The minimum atomic E-state index is -0.897. The van der Waals surface area contributed by atoms with Gasteiger partial charge in [-0.2, -0.15) is 0 Å². The van der Waals surface area contributed by atoms with Gasteiger partial charge in [0.25, 0.3) is 0 Å². The van der Waals surface area contributed by atoms with Crippen molar-refractivity contribution in [3.63, 3.8) is 0 Å². The summed E-state index contributed by atoms with van der Waals surface area (Å²) in [6, 6.07) is 9.24. The summed E-state index contributed by atoms with van der Waals surface area (Å²) >= 11 is 1.22. The SMILES string of the molecule is Cc1ccc(C(=O)C(C)Sc2ccc(F)c(F)c2)cc1C. The zero-order valence-electron chi connectivity index (χ0n) is 12.1. The average Bonchev–Trinajstić information content (AvgIpc) is 2.45. The van der Waals surface area contributed by atoms with Gasteiger partial charge in [-0.25, -0.2) is 8.78 Å². The van der Waals surface area contributed by atoms with Crippen LogP contribution in [-0.4, -0.2) is 11.0 Å². The number of hydrogen-bond donors (Lipinski definition) is 0. The van der Waals surface area contributed by atoms with E-state index in [0.29, 0.717) is 10.5 Å². The lowest BCUT2D eigenvalue weighted by molar-refractivity contribution is 0.0994. The van der Waals surface area contributed by atoms with Crippen LogP contribution >= 0.6 is 11.8 Å². The van der Waals surface area contributed by atoms with Crippen LogP contribution in [0.1, 0.15) is 28.4 Å². The first kappa shape index (κ1) is 15.7. The van der Waals surface area contributed by atoms with Crippen molar-refractivity contribution < 1.29 is 13.6 Å². The van der Waals surface area contributed by atoms with Crippen molar-refractivity contribution in [2.45, 2.75) is 30.9 Å². The second-order valence-electron chi connectivity index (χ2n) is 5.00. The maximum Gasteiger partial charge on any atom is 0.175 e. The van der Waals surface area contributed by atoms with E-state index in [4.69, 9.17) is 0 Å². The summed E-state index contributed by atoms with van der Waals surface area (Å²) in [5, 5.41) is -0.364. The number of thioether (sulfide) groups is 1. The Morgan fingerprint density at radius 1 is 1.00 bits per heavy atom. The maximum atomic E-state index is 13.2. The number of halogens is 2. The molecule has 21 heavy (non-hydrogen) atoms. The molecule has 0 amide bonds. The van der Waals surface area contributed by atoms with E-state index in [-0.39, 0.29) is 11.0 Å². The number of ketones is 1. The van der Waals surface area contributed by atoms with E-state index in [1.165, 1.54) is 17.8 Å². The molecule has 0 radical (unpaired) electrons. The van der Waals surface area contributed by atoms with Gasteiger partial charge in [0.1, 0.15) is 0 Å². The van der Waals surface area contributed by atoms with Crippen molar-refractivity contribution in [2.75, 3.05) is 0 Å². The normalized spacial score (nSPS) is 12.2. The molecule has 0 saturated heterocycles. The monoisotopic (exact) mass is 306 g/mol. The summed E-state index contributed by atoms with van der Waals surface area (Å²) in [5.41, 5.74) is 2.83. The number of rotatable bonds is 4. The topological polar surface area (TPSA) is 17.1 Å². The van der Waals surface area contributed by atoms with Gasteiger partial charge in [0.2, 0.25) is 0 Å². The van der Waals surface area contributed by atoms with Crippen LogP contribution in [0.3, 0.4) is 0 Å². The van der Waals surface area contributed by atoms with E-state index in [1.54, 1.807) is 13.0 Å². The van der Waals surface area contributed by atoms with Crippen LogP contribution in [0, 0.1) is 25.5 Å². The first-order chi connectivity index (χ1) is 9.88. The molecule has 1 unspecified atom stereocenters. The summed E-state index contributed by atoms with van der Waals surface area (Å²) in [7, 11) is 0. The van der Waals surface area contributed by atoms with Gasteiger partial charge in [-0.05, 0) is 56.2 Å². The van der Waals surface area contributed by atoms with Gasteiger partial charge in [-0.3, -0.25) is 4.79 Å². The third-order valence-electron chi connectivity index (χ3n) is 3.36. The minimum Gasteiger partial charge on any atom is -0.293 e. The van der Waals surface area contributed by atoms with E-state index in [9.17, 15) is 13.6 Å². The first-order valence-corrected chi connectivity index (χ1v) is 7.49. The van der Waals surface area contributed by atoms with Crippen LogP contribution in [-0.2, 0) is 0 Å². The highest BCUT2D eigenvalue weighted by atomic mass is 32.2. The Morgan fingerprint density at radius 3 is 2.33 bits per heavy atom. The molecule has 2 aromatic rings. The third-order valence-corrected chi connectivity index (χ3v) is 4.46. The highest BCUT2D eigenvalue weighted by Gasteiger charge is 2.17. The smallest absolute Gasteiger partial charge is 0.175 e. The summed E-state index contributed by atoms with van der Waals surface area (Å²) < 4.78 is 26.1. The molecule has 0 N–H and O–H groups in total. The van der Waals surface area contributed by atoms with E-state index in [2.05, 4.69) is 0 Å². The number of aryl methyl sites for hydroxylation is 2. The number of carbonyl (C=O) groups is 1. The molecule has 2 rings (SSSR count). The van der Waals surface area contributed by atoms with Crippen molar-refractivity contribution in [1.29, 1.82) is 0 Å². The summed E-state index contributed by atoms with van der Waals surface area (Å²) in [5.74, 6) is -1.80. The molecule has 0 fully saturated rings. The summed E-state index contributed by atoms with van der Waals surface area (Å²) in [4.78, 5) is 12.9. The number of benzene rings is 2. The Morgan fingerprint density at radius 2 is 1.71 bits per heavy atom. The van der Waals surface area contributed by atoms with Gasteiger partial charge in [0, 0.05) is 10.5 Å². The molecule has 0 aromatic heterocycles. The molecule has 4 heteroatoms. The lowest BCUT2D eigenvalue weighted by Crippen LogP contribution is -2.13. The molecular weight excluding hydrogens is 290 g/mol. The number of Topliss-reactive ketones (excluding diaryl/α,β-unsaturated/α-hetero) is 1. The van der Waals surface area contributed by atoms with Crippen molar-refractivity contribution in [3.8, 4) is 0 Å². The van der Waals surface area contributed by atoms with Crippen LogP contribution in [0.2, 0.25) is 0 Å². The maximum absolute atomic E-state index is 13.2. The zero-order chi connectivity index (χ0) is 15.6. The largest absolute Gasteiger partial charge is 0.293 e. The number of hydrogen-bond acceptors (Lipinski definition) is 2. The van der Waals surface area contributed by atoms with Gasteiger partial charge in [0.15, 0.2) is 17.4 Å². The lowest BCUT2D eigenvalue weighted by Gasteiger charge is -2.11. The Labute approximate surface area is 127 Å². The van der Waals surface area contributed by atoms with E-state index < -0.39 is 11.6 Å². The van der Waals surface area contributed by atoms with E-state index >= 15 is 0 Å². The Bertz CT molecular complexity index is 682. The molecule has 1 atom stereocenters. The Hall–Kier alpha value is -1.68. The van der Waals surface area contributed by atoms with E-state index in [0.717, 1.165) is 23.3 Å². The van der Waals surface area contributed by atoms with Crippen molar-refractivity contribution in [2.24, 2.45) is 0 Å². The molecule has 0 saturated carbocycles. The summed E-state index contributed by atoms with van der Waals surface area (Å²) in [6.07, 6.45) is 0. The molecule has 2 aromatic carbocycles. The Kier molecular flexibility index (Phi) is 4.78. The van der Waals surface area contributed by atoms with Crippen molar-refractivity contribution in [1.82, 2.24) is 0 Å². The first-order valence-electron chi connectivity index (χ1n) is 6.61. The summed E-state index contributed by atoms with van der Waals surface area (Å²) in [6.45, 7) is 5.71. The molecule has 0 bridgehead atoms. The highest BCUT2D eigenvalue weighted by Crippen LogP contribution is 2.27. The van der Waals surface area contributed by atoms with Crippen LogP contribution in [0.4, 0.5) is 8.78 Å². The van der Waals surface area contributed by atoms with Crippen LogP contribution in [0.5, 0.6) is 0 Å². The van der Waals surface area contributed by atoms with Crippen molar-refractivity contribution in [3.05, 3.63) is 64.7 Å². The van der Waals surface area contributed by atoms with Crippen LogP contribution in [0.15, 0.2) is 41.3 Å². The molecule has 0 aliphatic heterocycles. The molecule has 110 valence electrons. The van der Waals surface area contributed by atoms with Gasteiger partial charge >= 0.3 is 0 Å². The molecule has 0 aliphatic rings. The predicted molar refractivity (Wildman–Crippen MR) is 81.9 cm³/mol. The molecule has 0 aliphatic carbocycles. The second-order valence-corrected chi connectivity index (χ2v) is 6.41. The lowest BCUT2D eigenvalue weighted by atomic mass is 10.0. The van der Waals surface area contributed by atoms with Crippen LogP contribution in [0.25, 0.3) is 0 Å². The van der Waals surface area contributed by atoms with Crippen molar-refractivity contribution >= 4 is 17.5 Å². The van der Waals surface area contributed by atoms with Gasteiger partial charge in [-0.15, -0.1) is 11.8 Å². The molecule has 1 nitrogen and oxygen atoms in total. The standard InChI is InChI=1S/C17H16F2OS/c1-10-4-5-13(8-11(10)2)17(20)12(3)21-14-6-7-15(18)16(19)9-14/h4-9,12H,1-3H3. The quantitative estimate of drug-likeness (QED) is 0.587. The zero-order valence-corrected chi connectivity index (χ0v) is 12.9. The number of carbonyl (C=O) groups excluding carboxylic acids is 1. The van der Waals surface area contributed by atoms with E-state index in [1.807, 2.05) is 26.0 Å². The fourth-order valence-electron chi connectivity index (χ4n) is 1.94. The average molecular weight is 306 g/mol. The highest BCUT2D eigenvalue weighted by molar-refractivity contribution is 8.00. The molecule has 0 heterocycles. The Balaban J connectivity index is 2.15. The second kappa shape index (κ2) is 6.39. The predicted octanol–water partition coefficient (Wildman–Crippen LogP) is 4.95. The van der Waals surface area contributed by atoms with Crippen LogP contribution < -0.4 is 0 Å². The molecular formula is C17H16F2OS. The van der Waals surface area contributed by atoms with Gasteiger partial charge in [-0.1, -0.05) is 12.1 Å². The third kappa shape index (κ3) is 3.70.